The third kappa shape index (κ3) is 5.31. The van der Waals surface area contributed by atoms with Crippen molar-refractivity contribution in [3.05, 3.63) is 206 Å². The maximum absolute atomic E-state index is 5.27. The summed E-state index contributed by atoms with van der Waals surface area (Å²) >= 11 is 0. The van der Waals surface area contributed by atoms with E-state index in [0.29, 0.717) is 5.82 Å². The first-order chi connectivity index (χ1) is 27.8. The summed E-state index contributed by atoms with van der Waals surface area (Å²) in [5, 5.41) is 6.09. The van der Waals surface area contributed by atoms with Crippen molar-refractivity contribution in [1.29, 1.82) is 0 Å². The lowest BCUT2D eigenvalue weighted by atomic mass is 10.0. The van der Waals surface area contributed by atoms with Crippen molar-refractivity contribution < 1.29 is 0 Å². The van der Waals surface area contributed by atoms with Gasteiger partial charge in [-0.15, -0.1) is 0 Å². The Labute approximate surface area is 324 Å². The smallest absolute Gasteiger partial charge is 0.160 e. The molecule has 0 N–H and O–H groups in total. The molecular formula is C52H34N4. The van der Waals surface area contributed by atoms with Gasteiger partial charge in [-0.2, -0.15) is 0 Å². The maximum atomic E-state index is 5.27. The Morgan fingerprint density at radius 2 is 0.857 bits per heavy atom. The minimum absolute atomic E-state index is 0.679. The van der Waals surface area contributed by atoms with Crippen molar-refractivity contribution in [3.8, 4) is 56.4 Å². The normalized spacial score (nSPS) is 11.6. The van der Waals surface area contributed by atoms with Gasteiger partial charge in [0.15, 0.2) is 5.82 Å². The standard InChI is InChI=1S/C52H34N4/c1-5-15-35(16-6-1)38-31-39(52-53-47(36-17-7-2-8-18-36)34-48(54-52)37-19-9-3-10-20-37)33-41(32-38)56-50-24-14-13-23-43(50)46-26-25-42-44-29-30-55(40-21-11-4-12-22-40)49(44)28-27-45(42)51(46)56/h1-34H. The zero-order valence-electron chi connectivity index (χ0n) is 30.4. The molecule has 4 heteroatoms. The highest BCUT2D eigenvalue weighted by Gasteiger charge is 2.19. The Hall–Kier alpha value is -7.56. The first-order valence-corrected chi connectivity index (χ1v) is 19.0. The molecule has 4 nitrogen and oxygen atoms in total. The van der Waals surface area contributed by atoms with Crippen molar-refractivity contribution in [2.45, 2.75) is 0 Å². The molecule has 3 aromatic heterocycles. The lowest BCUT2D eigenvalue weighted by Crippen LogP contribution is -2.00. The quantitative estimate of drug-likeness (QED) is 0.172. The molecule has 0 amide bonds. The van der Waals surface area contributed by atoms with E-state index in [1.54, 1.807) is 0 Å². The summed E-state index contributed by atoms with van der Waals surface area (Å²) in [7, 11) is 0. The second-order valence-electron chi connectivity index (χ2n) is 14.3. The van der Waals surface area contributed by atoms with Crippen LogP contribution in [0.2, 0.25) is 0 Å². The fourth-order valence-corrected chi connectivity index (χ4v) is 8.33. The molecule has 0 radical (unpaired) electrons. The largest absolute Gasteiger partial charge is 0.317 e. The number of aromatic nitrogens is 4. The molecule has 0 spiro atoms. The molecule has 11 aromatic rings. The summed E-state index contributed by atoms with van der Waals surface area (Å²) in [6.07, 6.45) is 2.18. The van der Waals surface area contributed by atoms with E-state index >= 15 is 0 Å². The molecule has 262 valence electrons. The molecule has 0 unspecified atom stereocenters. The Morgan fingerprint density at radius 1 is 0.321 bits per heavy atom. The number of fused-ring (bicyclic) bond motifs is 7. The SMILES string of the molecule is c1ccc(-c2cc(-c3nc(-c4ccccc4)cc(-c4ccccc4)n3)cc(-n3c4ccccc4c4ccc5c6ccn(-c7ccccc7)c6ccc5c43)c2)cc1. The summed E-state index contributed by atoms with van der Waals surface area (Å²) in [6, 6.07) is 71.0. The van der Waals surface area contributed by atoms with Gasteiger partial charge in [0, 0.05) is 55.8 Å². The van der Waals surface area contributed by atoms with E-state index in [0.717, 1.165) is 56.1 Å². The summed E-state index contributed by atoms with van der Waals surface area (Å²) in [5.41, 5.74) is 12.8. The van der Waals surface area contributed by atoms with Crippen LogP contribution in [0.15, 0.2) is 206 Å². The average molecular weight is 715 g/mol. The van der Waals surface area contributed by atoms with Crippen LogP contribution >= 0.6 is 0 Å². The molecule has 0 aliphatic heterocycles. The molecule has 8 aromatic carbocycles. The highest BCUT2D eigenvalue weighted by atomic mass is 15.0. The van der Waals surface area contributed by atoms with E-state index in [2.05, 4.69) is 203 Å². The first kappa shape index (κ1) is 31.9. The number of hydrogen-bond acceptors (Lipinski definition) is 2. The number of hydrogen-bond donors (Lipinski definition) is 0. The monoisotopic (exact) mass is 714 g/mol. The minimum Gasteiger partial charge on any atom is -0.317 e. The van der Waals surface area contributed by atoms with Crippen molar-refractivity contribution in [2.75, 3.05) is 0 Å². The van der Waals surface area contributed by atoms with Crippen LogP contribution in [-0.4, -0.2) is 19.1 Å². The zero-order valence-corrected chi connectivity index (χ0v) is 30.4. The van der Waals surface area contributed by atoms with Crippen LogP contribution < -0.4 is 0 Å². The lowest BCUT2D eigenvalue weighted by molar-refractivity contribution is 1.13. The predicted octanol–water partition coefficient (Wildman–Crippen LogP) is 13.3. The van der Waals surface area contributed by atoms with Gasteiger partial charge in [0.05, 0.1) is 27.9 Å². The van der Waals surface area contributed by atoms with E-state index in [-0.39, 0.29) is 0 Å². The van der Waals surface area contributed by atoms with E-state index in [9.17, 15) is 0 Å². The van der Waals surface area contributed by atoms with Gasteiger partial charge in [0.2, 0.25) is 0 Å². The summed E-state index contributed by atoms with van der Waals surface area (Å²) in [6.45, 7) is 0. The Kier molecular flexibility index (Phi) is 7.46. The van der Waals surface area contributed by atoms with Crippen LogP contribution in [0.5, 0.6) is 0 Å². The van der Waals surface area contributed by atoms with Crippen LogP contribution in [-0.2, 0) is 0 Å². The van der Waals surface area contributed by atoms with Crippen molar-refractivity contribution in [3.63, 3.8) is 0 Å². The first-order valence-electron chi connectivity index (χ1n) is 19.0. The van der Waals surface area contributed by atoms with E-state index in [1.165, 1.54) is 38.0 Å². The van der Waals surface area contributed by atoms with Crippen LogP contribution in [0.4, 0.5) is 0 Å². The van der Waals surface area contributed by atoms with Crippen LogP contribution in [0.3, 0.4) is 0 Å². The Bertz CT molecular complexity index is 3160. The summed E-state index contributed by atoms with van der Waals surface area (Å²) in [5.74, 6) is 0.679. The second-order valence-corrected chi connectivity index (χ2v) is 14.3. The lowest BCUT2D eigenvalue weighted by Gasteiger charge is -2.15. The molecule has 0 fully saturated rings. The molecule has 0 saturated carbocycles. The van der Waals surface area contributed by atoms with Crippen molar-refractivity contribution in [1.82, 2.24) is 19.1 Å². The molecule has 3 heterocycles. The summed E-state index contributed by atoms with van der Waals surface area (Å²) < 4.78 is 4.72. The van der Waals surface area contributed by atoms with Crippen LogP contribution in [0.25, 0.3) is 99.9 Å². The third-order valence-electron chi connectivity index (χ3n) is 10.9. The van der Waals surface area contributed by atoms with Gasteiger partial charge < -0.3 is 9.13 Å². The van der Waals surface area contributed by atoms with Gasteiger partial charge in [0.25, 0.3) is 0 Å². The molecular weight excluding hydrogens is 681 g/mol. The molecule has 56 heavy (non-hydrogen) atoms. The van der Waals surface area contributed by atoms with Gasteiger partial charge in [0.1, 0.15) is 0 Å². The molecule has 0 aliphatic carbocycles. The Morgan fingerprint density at radius 3 is 1.55 bits per heavy atom. The molecule has 0 atom stereocenters. The van der Waals surface area contributed by atoms with Crippen molar-refractivity contribution in [2.24, 2.45) is 0 Å². The van der Waals surface area contributed by atoms with Gasteiger partial charge in [-0.25, -0.2) is 9.97 Å². The number of nitrogens with zero attached hydrogens (tertiary/aromatic N) is 4. The van der Waals surface area contributed by atoms with E-state index in [4.69, 9.17) is 9.97 Å². The molecule has 0 bridgehead atoms. The van der Waals surface area contributed by atoms with E-state index in [1.807, 2.05) is 12.1 Å². The van der Waals surface area contributed by atoms with Gasteiger partial charge in [-0.05, 0) is 71.1 Å². The van der Waals surface area contributed by atoms with Crippen LogP contribution in [0.1, 0.15) is 0 Å². The fourth-order valence-electron chi connectivity index (χ4n) is 8.33. The van der Waals surface area contributed by atoms with Gasteiger partial charge in [-0.1, -0.05) is 146 Å². The molecule has 0 saturated heterocycles. The van der Waals surface area contributed by atoms with Gasteiger partial charge >= 0.3 is 0 Å². The van der Waals surface area contributed by atoms with Gasteiger partial charge in [-0.3, -0.25) is 0 Å². The third-order valence-corrected chi connectivity index (χ3v) is 10.9. The maximum Gasteiger partial charge on any atom is 0.160 e. The Balaban J connectivity index is 1.20. The number of rotatable bonds is 6. The van der Waals surface area contributed by atoms with Crippen molar-refractivity contribution >= 4 is 43.5 Å². The highest BCUT2D eigenvalue weighted by Crippen LogP contribution is 2.41. The van der Waals surface area contributed by atoms with E-state index < -0.39 is 0 Å². The second kappa shape index (κ2) is 13.1. The number of benzene rings is 8. The molecule has 0 aliphatic rings. The predicted molar refractivity (Wildman–Crippen MR) is 232 cm³/mol. The summed E-state index contributed by atoms with van der Waals surface area (Å²) in [4.78, 5) is 10.5. The minimum atomic E-state index is 0.679. The average Bonchev–Trinajstić information content (AvgIpc) is 3.87. The molecule has 11 rings (SSSR count). The topological polar surface area (TPSA) is 35.6 Å². The highest BCUT2D eigenvalue weighted by molar-refractivity contribution is 6.23. The van der Waals surface area contributed by atoms with Crippen LogP contribution in [0, 0.1) is 0 Å². The number of para-hydroxylation sites is 2. The fraction of sp³-hybridized carbons (Fsp3) is 0. The zero-order chi connectivity index (χ0) is 37.0.